The van der Waals surface area contributed by atoms with Crippen LogP contribution in [0.25, 0.3) is 0 Å². The van der Waals surface area contributed by atoms with E-state index in [1.54, 1.807) is 0 Å². The summed E-state index contributed by atoms with van der Waals surface area (Å²) in [7, 11) is 0. The number of hydrogen-bond donors (Lipinski definition) is 2. The van der Waals surface area contributed by atoms with Crippen molar-refractivity contribution < 1.29 is 24.5 Å². The molecule has 2 saturated carbocycles. The lowest BCUT2D eigenvalue weighted by molar-refractivity contribution is -0.138. The number of esters is 1. The molecule has 0 saturated heterocycles. The molecule has 2 fully saturated rings. The van der Waals surface area contributed by atoms with E-state index in [-0.39, 0.29) is 36.1 Å². The third-order valence-electron chi connectivity index (χ3n) is 5.03. The van der Waals surface area contributed by atoms with Crippen molar-refractivity contribution in [1.82, 2.24) is 0 Å². The number of carbonyl (C=O) groups excluding carboxylic acids is 2. The van der Waals surface area contributed by atoms with Crippen molar-refractivity contribution in [3.05, 3.63) is 11.8 Å². The number of unbranched alkanes of at least 4 members (excludes halogenated alkanes) is 4. The Morgan fingerprint density at radius 1 is 1.26 bits per heavy atom. The number of aliphatic hydroxyl groups is 2. The van der Waals surface area contributed by atoms with Crippen LogP contribution in [0.3, 0.4) is 0 Å². The molecule has 5 nitrogen and oxygen atoms in total. The van der Waals surface area contributed by atoms with Gasteiger partial charge in [0, 0.05) is 32.3 Å². The first-order valence-electron chi connectivity index (χ1n) is 8.72. The summed E-state index contributed by atoms with van der Waals surface area (Å²) in [5, 5.41) is 19.1. The van der Waals surface area contributed by atoms with Gasteiger partial charge < -0.3 is 14.9 Å². The molecule has 0 radical (unpaired) electrons. The average molecular weight is 324 g/mol. The first-order valence-corrected chi connectivity index (χ1v) is 8.72. The first-order chi connectivity index (χ1) is 11.0. The minimum atomic E-state index is -0.530. The molecule has 0 aromatic rings. The molecular formula is C18H28O5. The van der Waals surface area contributed by atoms with Crippen molar-refractivity contribution in [2.24, 2.45) is 17.8 Å². The lowest BCUT2D eigenvalue weighted by Crippen LogP contribution is -2.24. The summed E-state index contributed by atoms with van der Waals surface area (Å²) in [6.45, 7) is 1.59. The highest BCUT2D eigenvalue weighted by Crippen LogP contribution is 2.49. The fourth-order valence-corrected chi connectivity index (χ4v) is 4.04. The van der Waals surface area contributed by atoms with Crippen LogP contribution in [0.1, 0.15) is 58.3 Å². The van der Waals surface area contributed by atoms with E-state index in [0.717, 1.165) is 32.1 Å². The maximum atomic E-state index is 11.7. The third-order valence-corrected chi connectivity index (χ3v) is 5.03. The Morgan fingerprint density at radius 3 is 2.70 bits per heavy atom. The molecule has 0 bridgehead atoms. The summed E-state index contributed by atoms with van der Waals surface area (Å²) in [5.74, 6) is 0.533. The lowest BCUT2D eigenvalue weighted by Gasteiger charge is -2.23. The van der Waals surface area contributed by atoms with Crippen molar-refractivity contribution in [1.29, 1.82) is 0 Å². The summed E-state index contributed by atoms with van der Waals surface area (Å²) in [6.07, 6.45) is 7.60. The maximum absolute atomic E-state index is 11.7. The topological polar surface area (TPSA) is 83.8 Å². The standard InChI is InChI=1S/C18H28O5/c1-12(20)23-17(7-5-3-2-4-6-8-19)18-15-11-14(21)9-13(15)10-16(18)22/h7,13,15-16,18-19,22H,2-6,8-11H2,1H3/b17-7+/t13-,15-,16+,18+/m1/s1. The van der Waals surface area contributed by atoms with Crippen LogP contribution in [0.5, 0.6) is 0 Å². The number of hydrogen-bond acceptors (Lipinski definition) is 5. The summed E-state index contributed by atoms with van der Waals surface area (Å²) in [6, 6.07) is 0. The molecule has 0 amide bonds. The molecule has 2 aliphatic carbocycles. The minimum Gasteiger partial charge on any atom is -0.431 e. The van der Waals surface area contributed by atoms with Crippen LogP contribution in [0.4, 0.5) is 0 Å². The highest BCUT2D eigenvalue weighted by molar-refractivity contribution is 5.81. The van der Waals surface area contributed by atoms with Gasteiger partial charge in [0.1, 0.15) is 11.5 Å². The second-order valence-corrected chi connectivity index (χ2v) is 6.83. The molecule has 0 aromatic carbocycles. The van der Waals surface area contributed by atoms with Crippen LogP contribution in [0, 0.1) is 17.8 Å². The second kappa shape index (κ2) is 8.60. The van der Waals surface area contributed by atoms with Crippen LogP contribution < -0.4 is 0 Å². The van der Waals surface area contributed by atoms with Crippen LogP contribution in [-0.2, 0) is 14.3 Å². The largest absolute Gasteiger partial charge is 0.431 e. The Balaban J connectivity index is 1.99. The molecular weight excluding hydrogens is 296 g/mol. The van der Waals surface area contributed by atoms with Crippen LogP contribution >= 0.6 is 0 Å². The zero-order chi connectivity index (χ0) is 16.8. The van der Waals surface area contributed by atoms with E-state index >= 15 is 0 Å². The average Bonchev–Trinajstić information content (AvgIpc) is 2.95. The lowest BCUT2D eigenvalue weighted by atomic mass is 9.89. The number of ketones is 1. The molecule has 0 unspecified atom stereocenters. The van der Waals surface area contributed by atoms with Crippen molar-refractivity contribution in [2.45, 2.75) is 64.4 Å². The molecule has 2 rings (SSSR count). The molecule has 0 spiro atoms. The van der Waals surface area contributed by atoms with Gasteiger partial charge in [-0.15, -0.1) is 0 Å². The van der Waals surface area contributed by atoms with E-state index in [9.17, 15) is 14.7 Å². The Morgan fingerprint density at radius 2 is 2.00 bits per heavy atom. The van der Waals surface area contributed by atoms with E-state index in [1.807, 2.05) is 6.08 Å². The van der Waals surface area contributed by atoms with Crippen molar-refractivity contribution in [2.75, 3.05) is 6.61 Å². The van der Waals surface area contributed by atoms with Crippen LogP contribution in [0.2, 0.25) is 0 Å². The van der Waals surface area contributed by atoms with Gasteiger partial charge in [-0.25, -0.2) is 0 Å². The normalized spacial score (nSPS) is 30.6. The van der Waals surface area contributed by atoms with Crippen LogP contribution in [0.15, 0.2) is 11.8 Å². The maximum Gasteiger partial charge on any atom is 0.307 e. The predicted molar refractivity (Wildman–Crippen MR) is 85.4 cm³/mol. The molecule has 4 atom stereocenters. The molecule has 23 heavy (non-hydrogen) atoms. The zero-order valence-corrected chi connectivity index (χ0v) is 13.9. The molecule has 2 aliphatic rings. The van der Waals surface area contributed by atoms with Gasteiger partial charge in [-0.2, -0.15) is 0 Å². The monoisotopic (exact) mass is 324 g/mol. The van der Waals surface area contributed by atoms with Gasteiger partial charge in [-0.1, -0.05) is 12.8 Å². The third kappa shape index (κ3) is 4.88. The summed E-state index contributed by atoms with van der Waals surface area (Å²) < 4.78 is 5.39. The SMILES string of the molecule is CC(=O)O/C(=C/CCCCCCO)[C@H]1[C@@H]2CC(=O)C[C@@H]2C[C@@H]1O. The fourth-order valence-electron chi connectivity index (χ4n) is 4.04. The number of carbonyl (C=O) groups is 2. The van der Waals surface area contributed by atoms with E-state index < -0.39 is 6.10 Å². The number of aliphatic hydroxyl groups excluding tert-OH is 2. The molecule has 0 heterocycles. The molecule has 5 heteroatoms. The van der Waals surface area contributed by atoms with E-state index in [1.165, 1.54) is 6.92 Å². The van der Waals surface area contributed by atoms with E-state index in [4.69, 9.17) is 9.84 Å². The quantitative estimate of drug-likeness (QED) is 0.407. The van der Waals surface area contributed by atoms with Gasteiger partial charge >= 0.3 is 5.97 Å². The number of Topliss-reactive ketones (excluding diaryl/α,β-unsaturated/α-hetero) is 1. The Kier molecular flexibility index (Phi) is 6.78. The van der Waals surface area contributed by atoms with Gasteiger partial charge in [0.15, 0.2) is 0 Å². The molecule has 130 valence electrons. The smallest absolute Gasteiger partial charge is 0.307 e. The molecule has 0 aliphatic heterocycles. The van der Waals surface area contributed by atoms with E-state index in [2.05, 4.69) is 0 Å². The van der Waals surface area contributed by atoms with Gasteiger partial charge in [-0.05, 0) is 43.6 Å². The van der Waals surface area contributed by atoms with Crippen molar-refractivity contribution in [3.63, 3.8) is 0 Å². The van der Waals surface area contributed by atoms with Gasteiger partial charge in [-0.3, -0.25) is 9.59 Å². The van der Waals surface area contributed by atoms with Gasteiger partial charge in [0.25, 0.3) is 0 Å². The summed E-state index contributed by atoms with van der Waals surface area (Å²) in [5.41, 5.74) is 0. The van der Waals surface area contributed by atoms with Gasteiger partial charge in [0.2, 0.25) is 0 Å². The Hall–Kier alpha value is -1.20. The Bertz CT molecular complexity index is 456. The number of allylic oxidation sites excluding steroid dienone is 1. The Labute approximate surface area is 137 Å². The summed E-state index contributed by atoms with van der Waals surface area (Å²) in [4.78, 5) is 23.1. The second-order valence-electron chi connectivity index (χ2n) is 6.83. The fraction of sp³-hybridized carbons (Fsp3) is 0.778. The number of rotatable bonds is 8. The van der Waals surface area contributed by atoms with Crippen LogP contribution in [-0.4, -0.2) is 34.7 Å². The molecule has 2 N–H and O–H groups in total. The minimum absolute atomic E-state index is 0.109. The zero-order valence-electron chi connectivity index (χ0n) is 13.9. The van der Waals surface area contributed by atoms with E-state index in [0.29, 0.717) is 25.0 Å². The van der Waals surface area contributed by atoms with Crippen molar-refractivity contribution >= 4 is 11.8 Å². The summed E-state index contributed by atoms with van der Waals surface area (Å²) >= 11 is 0. The molecule has 0 aromatic heterocycles. The number of fused-ring (bicyclic) bond motifs is 1. The highest BCUT2D eigenvalue weighted by Gasteiger charge is 2.49. The van der Waals surface area contributed by atoms with Crippen molar-refractivity contribution in [3.8, 4) is 0 Å². The van der Waals surface area contributed by atoms with Gasteiger partial charge in [0.05, 0.1) is 6.10 Å². The number of ether oxygens (including phenoxy) is 1. The first kappa shape index (κ1) is 18.1. The predicted octanol–water partition coefficient (Wildman–Crippen LogP) is 2.35. The highest BCUT2D eigenvalue weighted by atomic mass is 16.5.